The molecule has 136 valence electrons. The van der Waals surface area contributed by atoms with Crippen LogP contribution in [0.5, 0.6) is 0 Å². The molecule has 7 heteroatoms. The molecule has 1 saturated heterocycles. The molecule has 6 nitrogen and oxygen atoms in total. The minimum Gasteiger partial charge on any atom is -0.368 e. The third kappa shape index (κ3) is 4.29. The number of Topliss-reactive ketones (excluding diaryl/α,β-unsaturated/α-hetero) is 1. The van der Waals surface area contributed by atoms with Crippen LogP contribution in [-0.4, -0.2) is 55.2 Å². The van der Waals surface area contributed by atoms with E-state index in [-0.39, 0.29) is 12.5 Å². The zero-order chi connectivity index (χ0) is 18.5. The number of ketones is 1. The number of benzene rings is 1. The Balaban J connectivity index is 1.45. The van der Waals surface area contributed by atoms with E-state index in [0.29, 0.717) is 18.0 Å². The predicted molar refractivity (Wildman–Crippen MR) is 102 cm³/mol. The summed E-state index contributed by atoms with van der Waals surface area (Å²) in [7, 11) is 0. The molecule has 2 aromatic rings. The molecule has 1 aromatic heterocycles. The summed E-state index contributed by atoms with van der Waals surface area (Å²) in [5.41, 5.74) is 2.37. The summed E-state index contributed by atoms with van der Waals surface area (Å²) < 4.78 is 0. The van der Waals surface area contributed by atoms with Crippen molar-refractivity contribution in [3.63, 3.8) is 0 Å². The lowest BCUT2D eigenvalue weighted by Crippen LogP contribution is -2.51. The molecule has 26 heavy (non-hydrogen) atoms. The smallest absolute Gasteiger partial charge is 0.293 e. The zero-order valence-corrected chi connectivity index (χ0v) is 15.4. The Kier molecular flexibility index (Phi) is 5.68. The first kappa shape index (κ1) is 18.1. The number of carbonyl (C=O) groups is 3. The van der Waals surface area contributed by atoms with E-state index in [1.165, 1.54) is 16.9 Å². The summed E-state index contributed by atoms with van der Waals surface area (Å²) in [4.78, 5) is 40.4. The minimum absolute atomic E-state index is 0.152. The lowest BCUT2D eigenvalue weighted by Gasteiger charge is -2.36. The molecule has 3 rings (SSSR count). The average molecular weight is 371 g/mol. The molecule has 1 N–H and O–H groups in total. The van der Waals surface area contributed by atoms with Crippen LogP contribution < -0.4 is 10.2 Å². The average Bonchev–Trinajstić information content (AvgIpc) is 3.20. The van der Waals surface area contributed by atoms with Crippen LogP contribution in [-0.2, 0) is 9.59 Å². The van der Waals surface area contributed by atoms with Crippen molar-refractivity contribution in [3.8, 4) is 0 Å². The molecule has 1 fully saturated rings. The van der Waals surface area contributed by atoms with Crippen LogP contribution in [0.1, 0.15) is 15.2 Å². The Hall–Kier alpha value is -2.67. The first-order chi connectivity index (χ1) is 12.5. The highest BCUT2D eigenvalue weighted by molar-refractivity contribution is 7.13. The molecule has 0 bridgehead atoms. The van der Waals surface area contributed by atoms with E-state index in [9.17, 15) is 14.4 Å². The number of anilines is 1. The van der Waals surface area contributed by atoms with Crippen molar-refractivity contribution in [3.05, 3.63) is 52.2 Å². The van der Waals surface area contributed by atoms with E-state index in [1.807, 2.05) is 0 Å². The Morgan fingerprint density at radius 3 is 2.35 bits per heavy atom. The summed E-state index contributed by atoms with van der Waals surface area (Å²) in [6.07, 6.45) is 0. The predicted octanol–water partition coefficient (Wildman–Crippen LogP) is 1.70. The normalized spacial score (nSPS) is 14.2. The van der Waals surface area contributed by atoms with Gasteiger partial charge in [0.1, 0.15) is 0 Å². The number of nitrogens with one attached hydrogen (secondary N) is 1. The molecule has 0 saturated carbocycles. The van der Waals surface area contributed by atoms with Crippen molar-refractivity contribution in [1.29, 1.82) is 0 Å². The summed E-state index contributed by atoms with van der Waals surface area (Å²) in [6.45, 7) is 4.59. The molecular formula is C19H21N3O3S. The van der Waals surface area contributed by atoms with Gasteiger partial charge in [-0.2, -0.15) is 0 Å². The van der Waals surface area contributed by atoms with Gasteiger partial charge in [0.15, 0.2) is 0 Å². The van der Waals surface area contributed by atoms with E-state index < -0.39 is 11.7 Å². The van der Waals surface area contributed by atoms with Gasteiger partial charge in [0, 0.05) is 31.9 Å². The van der Waals surface area contributed by atoms with Crippen LogP contribution in [0, 0.1) is 6.92 Å². The number of aryl methyl sites for hydroxylation is 1. The van der Waals surface area contributed by atoms with Crippen LogP contribution in [0.3, 0.4) is 0 Å². The summed E-state index contributed by atoms with van der Waals surface area (Å²) >= 11 is 1.21. The Morgan fingerprint density at radius 1 is 1.04 bits per heavy atom. The largest absolute Gasteiger partial charge is 0.368 e. The third-order valence-electron chi connectivity index (χ3n) is 4.38. The van der Waals surface area contributed by atoms with Crippen molar-refractivity contribution in [2.45, 2.75) is 6.92 Å². The number of carbonyl (C=O) groups excluding carboxylic acids is 3. The molecular weight excluding hydrogens is 350 g/mol. The maximum absolute atomic E-state index is 12.3. The van der Waals surface area contributed by atoms with Gasteiger partial charge in [0.05, 0.1) is 11.4 Å². The Morgan fingerprint density at radius 2 is 1.73 bits per heavy atom. The number of piperazine rings is 1. The lowest BCUT2D eigenvalue weighted by molar-refractivity contribution is -0.132. The molecule has 2 heterocycles. The number of hydrogen-bond acceptors (Lipinski definition) is 5. The number of amides is 2. The number of hydrogen-bond donors (Lipinski definition) is 1. The SMILES string of the molecule is Cc1ccc(N2CCN(C(=O)CNC(=O)C(=O)c3cccs3)CC2)cc1. The van der Waals surface area contributed by atoms with E-state index in [2.05, 4.69) is 41.4 Å². The van der Waals surface area contributed by atoms with Crippen LogP contribution in [0.25, 0.3) is 0 Å². The number of nitrogens with zero attached hydrogens (tertiary/aromatic N) is 2. The second-order valence-corrected chi connectivity index (χ2v) is 7.14. The highest BCUT2D eigenvalue weighted by atomic mass is 32.1. The third-order valence-corrected chi connectivity index (χ3v) is 5.25. The van der Waals surface area contributed by atoms with Gasteiger partial charge < -0.3 is 15.1 Å². The number of rotatable bonds is 5. The van der Waals surface area contributed by atoms with E-state index in [4.69, 9.17) is 0 Å². The second-order valence-electron chi connectivity index (χ2n) is 6.19. The van der Waals surface area contributed by atoms with Gasteiger partial charge >= 0.3 is 0 Å². The van der Waals surface area contributed by atoms with Gasteiger partial charge in [-0.15, -0.1) is 11.3 Å². The van der Waals surface area contributed by atoms with Gasteiger partial charge in [-0.3, -0.25) is 14.4 Å². The van der Waals surface area contributed by atoms with Crippen LogP contribution in [0.2, 0.25) is 0 Å². The fourth-order valence-corrected chi connectivity index (χ4v) is 3.50. The monoisotopic (exact) mass is 371 g/mol. The molecule has 2 amide bonds. The fourth-order valence-electron chi connectivity index (χ4n) is 2.84. The molecule has 0 unspecified atom stereocenters. The molecule has 0 aliphatic carbocycles. The second kappa shape index (κ2) is 8.14. The van der Waals surface area contributed by atoms with E-state index >= 15 is 0 Å². The molecule has 0 atom stereocenters. The maximum atomic E-state index is 12.3. The fraction of sp³-hybridized carbons (Fsp3) is 0.316. The minimum atomic E-state index is -0.737. The van der Waals surface area contributed by atoms with Crippen molar-refractivity contribution < 1.29 is 14.4 Å². The van der Waals surface area contributed by atoms with Crippen molar-refractivity contribution in [2.24, 2.45) is 0 Å². The Bertz CT molecular complexity index is 779. The van der Waals surface area contributed by atoms with E-state index in [0.717, 1.165) is 18.8 Å². The van der Waals surface area contributed by atoms with Gasteiger partial charge in [-0.1, -0.05) is 23.8 Å². The first-order valence-corrected chi connectivity index (χ1v) is 9.38. The molecule has 1 aliphatic rings. The highest BCUT2D eigenvalue weighted by Gasteiger charge is 2.23. The van der Waals surface area contributed by atoms with Gasteiger partial charge in [-0.05, 0) is 30.5 Å². The highest BCUT2D eigenvalue weighted by Crippen LogP contribution is 2.17. The maximum Gasteiger partial charge on any atom is 0.293 e. The van der Waals surface area contributed by atoms with Crippen LogP contribution in [0.15, 0.2) is 41.8 Å². The van der Waals surface area contributed by atoms with Gasteiger partial charge in [0.2, 0.25) is 5.91 Å². The molecule has 0 radical (unpaired) electrons. The topological polar surface area (TPSA) is 69.7 Å². The zero-order valence-electron chi connectivity index (χ0n) is 14.6. The molecule has 0 spiro atoms. The summed E-state index contributed by atoms with van der Waals surface area (Å²) in [6, 6.07) is 11.6. The molecule has 1 aromatic carbocycles. The van der Waals surface area contributed by atoms with Crippen LogP contribution in [0.4, 0.5) is 5.69 Å². The molecule has 1 aliphatic heterocycles. The quantitative estimate of drug-likeness (QED) is 0.642. The van der Waals surface area contributed by atoms with Crippen LogP contribution >= 0.6 is 11.3 Å². The van der Waals surface area contributed by atoms with Crippen molar-refractivity contribution in [2.75, 3.05) is 37.6 Å². The first-order valence-electron chi connectivity index (χ1n) is 8.50. The van der Waals surface area contributed by atoms with Crippen molar-refractivity contribution in [1.82, 2.24) is 10.2 Å². The number of thiophene rings is 1. The van der Waals surface area contributed by atoms with Gasteiger partial charge in [-0.25, -0.2) is 0 Å². The standard InChI is InChI=1S/C19H21N3O3S/c1-14-4-6-15(7-5-14)21-8-10-22(11-9-21)17(23)13-20-19(25)18(24)16-3-2-12-26-16/h2-7,12H,8-11,13H2,1H3,(H,20,25). The summed E-state index contributed by atoms with van der Waals surface area (Å²) in [5.74, 6) is -1.50. The summed E-state index contributed by atoms with van der Waals surface area (Å²) in [5, 5.41) is 4.17. The van der Waals surface area contributed by atoms with E-state index in [1.54, 1.807) is 22.4 Å². The van der Waals surface area contributed by atoms with Gasteiger partial charge in [0.25, 0.3) is 11.7 Å². The van der Waals surface area contributed by atoms with Crippen molar-refractivity contribution >= 4 is 34.6 Å². The lowest BCUT2D eigenvalue weighted by atomic mass is 10.2. The Labute approximate surface area is 156 Å².